The molecule has 5 unspecified atom stereocenters. The van der Waals surface area contributed by atoms with E-state index >= 15 is 0 Å². The molecule has 0 amide bonds. The largest absolute Gasteiger partial charge is 0.472 e. The Hall–Kier alpha value is -5.84. The second-order valence-electron chi connectivity index (χ2n) is 25.9. The van der Waals surface area contributed by atoms with Crippen LogP contribution in [-0.2, 0) is 65.4 Å². The van der Waals surface area contributed by atoms with E-state index in [4.69, 9.17) is 37.0 Å². The number of carbonyl (C=O) groups is 4. The first kappa shape index (κ1) is 100. The summed E-state index contributed by atoms with van der Waals surface area (Å²) < 4.78 is 68.5. The van der Waals surface area contributed by atoms with Gasteiger partial charge in [0.2, 0.25) is 0 Å². The van der Waals surface area contributed by atoms with Crippen LogP contribution in [0.4, 0.5) is 0 Å². The van der Waals surface area contributed by atoms with E-state index in [9.17, 15) is 43.2 Å². The fourth-order valence-electron chi connectivity index (χ4n) is 9.84. The molecule has 0 rings (SSSR count). The molecule has 600 valence electrons. The third-order valence-corrected chi connectivity index (χ3v) is 17.7. The average molecular weight is 1520 g/mol. The highest BCUT2D eigenvalue weighted by molar-refractivity contribution is 7.47. The number of carbonyl (C=O) groups excluding carboxylic acids is 4. The molecule has 0 aliphatic carbocycles. The van der Waals surface area contributed by atoms with Gasteiger partial charge in [-0.05, 0) is 167 Å². The molecule has 106 heavy (non-hydrogen) atoms. The number of esters is 4. The number of phosphoric ester groups is 2. The Balaban J connectivity index is 5.44. The number of aliphatic hydroxyl groups excluding tert-OH is 1. The number of hydrogen-bond donors (Lipinski definition) is 3. The van der Waals surface area contributed by atoms with Gasteiger partial charge in [0.1, 0.15) is 19.3 Å². The molecule has 3 N–H and O–H groups in total. The van der Waals surface area contributed by atoms with Crippen LogP contribution in [-0.4, -0.2) is 96.7 Å². The van der Waals surface area contributed by atoms with Gasteiger partial charge < -0.3 is 33.8 Å². The predicted molar refractivity (Wildman–Crippen MR) is 436 cm³/mol. The van der Waals surface area contributed by atoms with E-state index < -0.39 is 97.5 Å². The molecule has 5 atom stereocenters. The molecule has 19 heteroatoms. The van der Waals surface area contributed by atoms with E-state index in [1.54, 1.807) is 0 Å². The summed E-state index contributed by atoms with van der Waals surface area (Å²) in [6.45, 7) is 4.34. The van der Waals surface area contributed by atoms with E-state index in [0.717, 1.165) is 186 Å². The van der Waals surface area contributed by atoms with Crippen molar-refractivity contribution >= 4 is 39.5 Å². The molecule has 0 radical (unpaired) electrons. The van der Waals surface area contributed by atoms with Crippen LogP contribution >= 0.6 is 15.6 Å². The third-order valence-electron chi connectivity index (χ3n) is 15.8. The van der Waals surface area contributed by atoms with Gasteiger partial charge in [-0.15, -0.1) is 0 Å². The molecule has 0 aliphatic heterocycles. The van der Waals surface area contributed by atoms with Gasteiger partial charge in [-0.3, -0.25) is 37.3 Å². The highest BCUT2D eigenvalue weighted by Gasteiger charge is 2.30. The van der Waals surface area contributed by atoms with Crippen LogP contribution in [0.2, 0.25) is 0 Å². The van der Waals surface area contributed by atoms with E-state index in [-0.39, 0.29) is 25.7 Å². The quantitative estimate of drug-likeness (QED) is 0.0169. The van der Waals surface area contributed by atoms with Gasteiger partial charge in [0.25, 0.3) is 0 Å². The lowest BCUT2D eigenvalue weighted by molar-refractivity contribution is -0.161. The molecule has 0 aliphatic rings. The molecule has 17 nitrogen and oxygen atoms in total. The van der Waals surface area contributed by atoms with Crippen LogP contribution in [0.5, 0.6) is 0 Å². The normalized spacial score (nSPS) is 14.8. The van der Waals surface area contributed by atoms with E-state index in [1.807, 2.05) is 12.2 Å². The maximum atomic E-state index is 13.1. The van der Waals surface area contributed by atoms with Gasteiger partial charge in [0.15, 0.2) is 12.2 Å². The minimum atomic E-state index is -5.01. The summed E-state index contributed by atoms with van der Waals surface area (Å²) in [5.41, 5.74) is 0. The molecule has 0 fully saturated rings. The van der Waals surface area contributed by atoms with Crippen LogP contribution in [0.3, 0.4) is 0 Å². The fourth-order valence-corrected chi connectivity index (χ4v) is 11.4. The maximum Gasteiger partial charge on any atom is 0.472 e. The van der Waals surface area contributed by atoms with Crippen molar-refractivity contribution < 1.29 is 80.2 Å². The Morgan fingerprint density at radius 3 is 0.811 bits per heavy atom. The Morgan fingerprint density at radius 2 is 0.500 bits per heavy atom. The summed E-state index contributed by atoms with van der Waals surface area (Å²) in [6, 6.07) is 0. The SMILES string of the molecule is CC/C=C\C/C=C\C/C=C\C/C=C\C/C=C\CCCCCC(=O)OCC(COP(=O)(O)OCC(O)COP(=O)(O)OCC(COC(=O)CCCCCCCC/C=C\C/C=C\C/C=C\C/C=C\CC)OC(=O)CCCCCCC/C=C\CCCC)OC(=O)CCC/C=C\C/C=C\C/C=C\C/C=C\C/C=C\CC. The molecular formula is C87H140O17P2. The number of hydrogen-bond acceptors (Lipinski definition) is 15. The zero-order chi connectivity index (χ0) is 77.4. The first-order valence-electron chi connectivity index (χ1n) is 40.0. The zero-order valence-electron chi connectivity index (χ0n) is 65.5. The molecule has 0 spiro atoms. The third kappa shape index (κ3) is 76.4. The predicted octanol–water partition coefficient (Wildman–Crippen LogP) is 23.6. The maximum absolute atomic E-state index is 13.1. The van der Waals surface area contributed by atoms with Gasteiger partial charge in [0, 0.05) is 25.7 Å². The molecule has 0 saturated heterocycles. The first-order chi connectivity index (χ1) is 51.7. The van der Waals surface area contributed by atoms with E-state index in [0.29, 0.717) is 32.1 Å². The number of ether oxygens (including phenoxy) is 4. The Bertz CT molecular complexity index is 2730. The Labute approximate surface area is 641 Å². The van der Waals surface area contributed by atoms with Gasteiger partial charge >= 0.3 is 39.5 Å². The second-order valence-corrected chi connectivity index (χ2v) is 28.8. The van der Waals surface area contributed by atoms with Crippen molar-refractivity contribution in [2.75, 3.05) is 39.6 Å². The molecule has 0 aromatic carbocycles. The zero-order valence-corrected chi connectivity index (χ0v) is 67.3. The van der Waals surface area contributed by atoms with E-state index in [2.05, 4.69) is 198 Å². The number of rotatable bonds is 73. The lowest BCUT2D eigenvalue weighted by atomic mass is 10.1. The average Bonchev–Trinajstić information content (AvgIpc) is 0.919. The molecule has 0 aromatic heterocycles. The minimum absolute atomic E-state index is 0.00170. The number of aliphatic hydroxyl groups is 1. The number of unbranched alkanes of at least 4 members (excludes halogenated alkanes) is 17. The van der Waals surface area contributed by atoms with Gasteiger partial charge in [-0.1, -0.05) is 274 Å². The van der Waals surface area contributed by atoms with Crippen molar-refractivity contribution in [1.82, 2.24) is 0 Å². The molecule has 0 heterocycles. The summed E-state index contributed by atoms with van der Waals surface area (Å²) >= 11 is 0. The number of allylic oxidation sites excluding steroid dienone is 30. The summed E-state index contributed by atoms with van der Waals surface area (Å²) in [4.78, 5) is 73.0. The van der Waals surface area contributed by atoms with Crippen molar-refractivity contribution in [1.29, 1.82) is 0 Å². The minimum Gasteiger partial charge on any atom is -0.462 e. The molecule has 0 aromatic rings. The van der Waals surface area contributed by atoms with Gasteiger partial charge in [-0.2, -0.15) is 0 Å². The van der Waals surface area contributed by atoms with Gasteiger partial charge in [0.05, 0.1) is 26.4 Å². The summed E-state index contributed by atoms with van der Waals surface area (Å²) in [7, 11) is -10.0. The monoisotopic (exact) mass is 1520 g/mol. The number of phosphoric acid groups is 2. The lowest BCUT2D eigenvalue weighted by Crippen LogP contribution is -2.30. The second kappa shape index (κ2) is 77.3. The highest BCUT2D eigenvalue weighted by atomic mass is 31.2. The van der Waals surface area contributed by atoms with E-state index in [1.165, 1.54) is 12.8 Å². The van der Waals surface area contributed by atoms with Crippen molar-refractivity contribution in [3.63, 3.8) is 0 Å². The topological polar surface area (TPSA) is 237 Å². The van der Waals surface area contributed by atoms with Crippen molar-refractivity contribution in [2.24, 2.45) is 0 Å². The summed E-state index contributed by atoms with van der Waals surface area (Å²) in [6.07, 6.45) is 93.1. The standard InChI is InChI=1S/C87H140O17P2/c1-5-9-13-17-21-25-29-32-35-38-40-43-45-48-52-55-59-63-67-71-84(89)97-77-82(103-86(91)73-69-65-61-57-51-28-24-20-16-12-8-4)79-101-105(93,94)99-75-81(88)76-100-106(95,96)102-80-83(104-87(92)74-70-66-62-58-54-50-47-42-37-34-31-27-23-19-15-11-7-3)78-98-85(90)72-68-64-60-56-53-49-46-44-41-39-36-33-30-26-22-18-14-10-6-2/h9-11,13-15,20-27,32-37,40-41,43-44,47,49-50,53,58,62,81-83,88H,5-8,12,16-19,28-31,38-39,42,45-46,48,51-52,54-57,59-61,63-80H2,1-4H3,(H,93,94)(H,95,96)/b13-9-,14-10-,15-11-,24-20-,25-21-,26-22-,27-23-,35-32-,36-33-,37-34-,43-40-,44-41-,50-47-,53-49-,62-58-. The van der Waals surface area contributed by atoms with Crippen molar-refractivity contribution in [2.45, 2.75) is 303 Å². The van der Waals surface area contributed by atoms with Crippen LogP contribution in [0.15, 0.2) is 182 Å². The van der Waals surface area contributed by atoms with Crippen LogP contribution in [0.1, 0.15) is 285 Å². The van der Waals surface area contributed by atoms with Crippen molar-refractivity contribution in [3.8, 4) is 0 Å². The smallest absolute Gasteiger partial charge is 0.462 e. The Kier molecular flexibility index (Phi) is 73.1. The fraction of sp³-hybridized carbons (Fsp3) is 0.609. The van der Waals surface area contributed by atoms with Gasteiger partial charge in [-0.25, -0.2) is 9.13 Å². The van der Waals surface area contributed by atoms with Crippen molar-refractivity contribution in [3.05, 3.63) is 182 Å². The molecular weight excluding hydrogens is 1380 g/mol. The summed E-state index contributed by atoms with van der Waals surface area (Å²) in [5.74, 6) is -2.32. The Morgan fingerprint density at radius 1 is 0.274 bits per heavy atom. The van der Waals surface area contributed by atoms with Crippen LogP contribution in [0.25, 0.3) is 0 Å². The molecule has 0 saturated carbocycles. The van der Waals surface area contributed by atoms with Crippen LogP contribution in [0, 0.1) is 0 Å². The molecule has 0 bridgehead atoms. The van der Waals surface area contributed by atoms with Crippen LogP contribution < -0.4 is 0 Å². The lowest BCUT2D eigenvalue weighted by Gasteiger charge is -2.21. The highest BCUT2D eigenvalue weighted by Crippen LogP contribution is 2.45. The first-order valence-corrected chi connectivity index (χ1v) is 43.0. The summed E-state index contributed by atoms with van der Waals surface area (Å²) in [5, 5.41) is 10.6.